The van der Waals surface area contributed by atoms with Gasteiger partial charge in [-0.1, -0.05) is 11.6 Å². The predicted octanol–water partition coefficient (Wildman–Crippen LogP) is 5.76. The van der Waals surface area contributed by atoms with Gasteiger partial charge in [0.25, 0.3) is 0 Å². The largest absolute Gasteiger partial charge is 0.497 e. The molecule has 1 aromatic heterocycles. The van der Waals surface area contributed by atoms with E-state index < -0.39 is 40.7 Å². The maximum absolute atomic E-state index is 13.8. The number of halogens is 4. The molecule has 0 aliphatic carbocycles. The van der Waals surface area contributed by atoms with Crippen molar-refractivity contribution in [2.24, 2.45) is 5.41 Å². The highest BCUT2D eigenvalue weighted by atomic mass is 35.5. The fourth-order valence-electron chi connectivity index (χ4n) is 5.23. The molecule has 210 valence electrons. The Morgan fingerprint density at radius 1 is 1.21 bits per heavy atom. The Labute approximate surface area is 229 Å². The molecule has 11 heteroatoms. The van der Waals surface area contributed by atoms with Crippen molar-refractivity contribution in [3.63, 3.8) is 0 Å². The van der Waals surface area contributed by atoms with Crippen molar-refractivity contribution in [3.05, 3.63) is 64.6 Å². The minimum Gasteiger partial charge on any atom is -0.497 e. The molecule has 2 N–H and O–H groups in total. The van der Waals surface area contributed by atoms with Crippen molar-refractivity contribution in [2.75, 3.05) is 33.4 Å². The maximum Gasteiger partial charge on any atom is 0.303 e. The van der Waals surface area contributed by atoms with Crippen LogP contribution in [0.2, 0.25) is 5.02 Å². The molecule has 1 saturated heterocycles. The third kappa shape index (κ3) is 6.93. The summed E-state index contributed by atoms with van der Waals surface area (Å²) in [4.78, 5) is 18.1. The Morgan fingerprint density at radius 2 is 1.95 bits per heavy atom. The van der Waals surface area contributed by atoms with E-state index in [1.165, 1.54) is 6.20 Å². The summed E-state index contributed by atoms with van der Waals surface area (Å²) in [5, 5.41) is 21.8. The molecule has 2 heterocycles. The molecule has 0 spiro atoms. The first-order chi connectivity index (χ1) is 18.6. The van der Waals surface area contributed by atoms with Crippen molar-refractivity contribution in [1.82, 2.24) is 9.88 Å². The van der Waals surface area contributed by atoms with Crippen LogP contribution in [0.1, 0.15) is 43.8 Å². The van der Waals surface area contributed by atoms with Crippen LogP contribution in [-0.2, 0) is 4.79 Å². The van der Waals surface area contributed by atoms with Gasteiger partial charge in [0.15, 0.2) is 11.6 Å². The Kier molecular flexibility index (Phi) is 9.19. The number of aliphatic hydroxyl groups excluding tert-OH is 1. The number of carboxylic acid groups (broad SMARTS) is 1. The highest BCUT2D eigenvalue weighted by Gasteiger charge is 2.37. The monoisotopic (exact) mass is 566 g/mol. The quantitative estimate of drug-likeness (QED) is 0.285. The summed E-state index contributed by atoms with van der Waals surface area (Å²) >= 11 is 6.43. The lowest BCUT2D eigenvalue weighted by Gasteiger charge is -2.41. The summed E-state index contributed by atoms with van der Waals surface area (Å²) in [5.41, 5.74) is 0.655. The lowest BCUT2D eigenvalue weighted by atomic mass is 9.71. The Morgan fingerprint density at radius 3 is 2.64 bits per heavy atom. The van der Waals surface area contributed by atoms with Crippen LogP contribution < -0.4 is 9.47 Å². The van der Waals surface area contributed by atoms with E-state index in [1.54, 1.807) is 25.3 Å². The molecule has 3 aromatic rings. The van der Waals surface area contributed by atoms with Crippen molar-refractivity contribution < 1.29 is 37.7 Å². The highest BCUT2D eigenvalue weighted by molar-refractivity contribution is 6.32. The van der Waals surface area contributed by atoms with Crippen LogP contribution in [0.3, 0.4) is 0 Å². The van der Waals surface area contributed by atoms with Gasteiger partial charge in [-0.3, -0.25) is 14.7 Å². The van der Waals surface area contributed by atoms with Crippen LogP contribution in [-0.4, -0.2) is 59.4 Å². The van der Waals surface area contributed by atoms with E-state index in [9.17, 15) is 28.2 Å². The van der Waals surface area contributed by atoms with E-state index in [-0.39, 0.29) is 13.0 Å². The molecule has 0 radical (unpaired) electrons. The number of aliphatic carboxylic acids is 1. The highest BCUT2D eigenvalue weighted by Crippen LogP contribution is 2.43. The number of methoxy groups -OCH3 is 1. The predicted molar refractivity (Wildman–Crippen MR) is 140 cm³/mol. The lowest BCUT2D eigenvalue weighted by molar-refractivity contribution is -0.141. The summed E-state index contributed by atoms with van der Waals surface area (Å²) in [6.45, 7) is 1.51. The number of piperidine rings is 1. The van der Waals surface area contributed by atoms with Crippen LogP contribution in [0.15, 0.2) is 36.5 Å². The Hall–Kier alpha value is -3.08. The summed E-state index contributed by atoms with van der Waals surface area (Å²) in [5.74, 6) is -4.29. The average molecular weight is 567 g/mol. The van der Waals surface area contributed by atoms with Gasteiger partial charge in [0.05, 0.1) is 30.2 Å². The number of hydrogen-bond donors (Lipinski definition) is 2. The average Bonchev–Trinajstić information content (AvgIpc) is 2.90. The Bertz CT molecular complexity index is 1330. The molecular weight excluding hydrogens is 537 g/mol. The number of ether oxygens (including phenoxy) is 2. The smallest absolute Gasteiger partial charge is 0.303 e. The van der Waals surface area contributed by atoms with E-state index in [4.69, 9.17) is 21.1 Å². The number of benzene rings is 2. The minimum absolute atomic E-state index is 0.0154. The number of pyridine rings is 1. The molecule has 0 bridgehead atoms. The topological polar surface area (TPSA) is 92.1 Å². The molecule has 2 aromatic carbocycles. The van der Waals surface area contributed by atoms with Gasteiger partial charge in [0, 0.05) is 35.8 Å². The third-order valence-corrected chi connectivity index (χ3v) is 7.72. The van der Waals surface area contributed by atoms with Crippen LogP contribution >= 0.6 is 11.6 Å². The second kappa shape index (κ2) is 12.4. The normalized spacial score (nSPS) is 16.3. The van der Waals surface area contributed by atoms with Gasteiger partial charge in [-0.05, 0) is 62.4 Å². The standard InChI is InChI=1S/C28H30ClF3N2O5/c1-38-18-2-3-22-19(14-18)26(20(29)16-33-22)23(35)4-5-28(15-25(36)37)6-8-34(9-7-28)10-11-39-24-13-17(30)12-21(31)27(24)32/h2-3,12-14,16,23,35H,4-11,15H2,1H3,(H,36,37)/t23-/m0/s1. The van der Waals surface area contributed by atoms with E-state index in [0.717, 1.165) is 6.07 Å². The molecule has 1 aliphatic heterocycles. The van der Waals surface area contributed by atoms with Gasteiger partial charge >= 0.3 is 5.97 Å². The Balaban J connectivity index is 1.39. The molecule has 1 fully saturated rings. The number of hydrogen-bond acceptors (Lipinski definition) is 6. The van der Waals surface area contributed by atoms with Crippen molar-refractivity contribution in [2.45, 2.75) is 38.2 Å². The zero-order chi connectivity index (χ0) is 28.2. The molecule has 7 nitrogen and oxygen atoms in total. The number of carboxylic acids is 1. The SMILES string of the molecule is COc1ccc2ncc(Cl)c([C@@H](O)CCC3(CC(=O)O)CCN(CCOc4cc(F)cc(F)c4F)CC3)c2c1. The van der Waals surface area contributed by atoms with E-state index in [1.807, 2.05) is 4.90 Å². The molecule has 39 heavy (non-hydrogen) atoms. The number of likely N-dealkylation sites (tertiary alicyclic amines) is 1. The summed E-state index contributed by atoms with van der Waals surface area (Å²) in [6, 6.07) is 6.57. The summed E-state index contributed by atoms with van der Waals surface area (Å²) < 4.78 is 51.2. The second-order valence-electron chi connectivity index (χ2n) is 9.92. The van der Waals surface area contributed by atoms with E-state index in [0.29, 0.717) is 78.6 Å². The number of rotatable bonds is 11. The zero-order valence-electron chi connectivity index (χ0n) is 21.4. The number of nitrogens with zero attached hydrogens (tertiary/aromatic N) is 2. The molecular formula is C28H30ClF3N2O5. The lowest BCUT2D eigenvalue weighted by Crippen LogP contribution is -2.42. The third-order valence-electron chi connectivity index (χ3n) is 7.42. The molecule has 4 rings (SSSR count). The van der Waals surface area contributed by atoms with Crippen LogP contribution in [0, 0.1) is 22.9 Å². The first kappa shape index (κ1) is 28.9. The van der Waals surface area contributed by atoms with Gasteiger partial charge in [-0.25, -0.2) is 8.78 Å². The van der Waals surface area contributed by atoms with Crippen molar-refractivity contribution >= 4 is 28.5 Å². The van der Waals surface area contributed by atoms with Gasteiger partial charge in [-0.15, -0.1) is 0 Å². The van der Waals surface area contributed by atoms with E-state index >= 15 is 0 Å². The number of aliphatic hydroxyl groups is 1. The first-order valence-electron chi connectivity index (χ1n) is 12.6. The van der Waals surface area contributed by atoms with Crippen LogP contribution in [0.4, 0.5) is 13.2 Å². The van der Waals surface area contributed by atoms with Gasteiger partial charge < -0.3 is 19.7 Å². The molecule has 1 atom stereocenters. The minimum atomic E-state index is -1.32. The fraction of sp³-hybridized carbons (Fsp3) is 0.429. The van der Waals surface area contributed by atoms with E-state index in [2.05, 4.69) is 4.98 Å². The summed E-state index contributed by atoms with van der Waals surface area (Å²) in [7, 11) is 1.54. The number of fused-ring (bicyclic) bond motifs is 1. The molecule has 0 saturated carbocycles. The van der Waals surface area contributed by atoms with Gasteiger partial charge in [0.2, 0.25) is 5.82 Å². The molecule has 1 aliphatic rings. The molecule has 0 amide bonds. The van der Waals surface area contributed by atoms with Crippen molar-refractivity contribution in [1.29, 1.82) is 0 Å². The maximum atomic E-state index is 13.8. The van der Waals surface area contributed by atoms with Crippen LogP contribution in [0.5, 0.6) is 11.5 Å². The van der Waals surface area contributed by atoms with Gasteiger partial charge in [0.1, 0.15) is 18.2 Å². The zero-order valence-corrected chi connectivity index (χ0v) is 22.2. The number of aromatic nitrogens is 1. The van der Waals surface area contributed by atoms with Crippen LogP contribution in [0.25, 0.3) is 10.9 Å². The van der Waals surface area contributed by atoms with Gasteiger partial charge in [-0.2, -0.15) is 4.39 Å². The second-order valence-corrected chi connectivity index (χ2v) is 10.3. The summed E-state index contributed by atoms with van der Waals surface area (Å²) in [6.07, 6.45) is 2.40. The fourth-order valence-corrected chi connectivity index (χ4v) is 5.51. The number of carbonyl (C=O) groups is 1. The molecule has 0 unspecified atom stereocenters. The van der Waals surface area contributed by atoms with Crippen molar-refractivity contribution in [3.8, 4) is 11.5 Å². The first-order valence-corrected chi connectivity index (χ1v) is 13.0.